The van der Waals surface area contributed by atoms with E-state index in [0.29, 0.717) is 11.4 Å². The fourth-order valence-corrected chi connectivity index (χ4v) is 4.91. The van der Waals surface area contributed by atoms with Gasteiger partial charge in [0.05, 0.1) is 22.2 Å². The molecule has 0 fully saturated rings. The first-order chi connectivity index (χ1) is 13.2. The maximum Gasteiger partial charge on any atom is 0.325 e. The molecule has 6 nitrogen and oxygen atoms in total. The van der Waals surface area contributed by atoms with Gasteiger partial charge >= 0.3 is 5.97 Å². The zero-order chi connectivity index (χ0) is 20.5. The normalized spacial score (nSPS) is 12.7. The average Bonchev–Trinajstić information content (AvgIpc) is 2.97. The highest BCUT2D eigenvalue weighted by Gasteiger charge is 2.17. The first kappa shape index (κ1) is 20.2. The maximum atomic E-state index is 13.1. The largest absolute Gasteiger partial charge is 0.468 e. The van der Waals surface area contributed by atoms with Crippen LogP contribution in [0.15, 0.2) is 51.8 Å². The molecule has 1 aromatic heterocycles. The summed E-state index contributed by atoms with van der Waals surface area (Å²) in [7, 11) is -2.81. The van der Waals surface area contributed by atoms with Crippen molar-refractivity contribution in [2.45, 2.75) is 31.2 Å². The number of halogens is 1. The Morgan fingerprint density at radius 3 is 2.50 bits per heavy atom. The number of carbonyl (C=O) groups is 1. The first-order valence-corrected chi connectivity index (χ1v) is 10.7. The van der Waals surface area contributed by atoms with Gasteiger partial charge in [-0.15, -0.1) is 4.40 Å². The van der Waals surface area contributed by atoms with Crippen LogP contribution in [0.3, 0.4) is 0 Å². The lowest BCUT2D eigenvalue weighted by atomic mass is 10.0. The minimum absolute atomic E-state index is 0.126. The Kier molecular flexibility index (Phi) is 5.66. The number of nitrogens with zero attached hydrogens (tertiary/aromatic N) is 2. The number of aromatic nitrogens is 1. The minimum atomic E-state index is -4.07. The van der Waals surface area contributed by atoms with Crippen molar-refractivity contribution in [2.75, 3.05) is 7.11 Å². The number of ether oxygens (including phenoxy) is 1. The molecule has 0 saturated carbocycles. The van der Waals surface area contributed by atoms with Crippen LogP contribution in [0.25, 0.3) is 10.2 Å². The van der Waals surface area contributed by atoms with E-state index in [1.165, 1.54) is 23.0 Å². The number of thiazole rings is 1. The predicted molar refractivity (Wildman–Crippen MR) is 105 cm³/mol. The summed E-state index contributed by atoms with van der Waals surface area (Å²) in [6, 6.07) is 10.2. The molecule has 1 heterocycles. The van der Waals surface area contributed by atoms with Gasteiger partial charge in [-0.2, -0.15) is 8.42 Å². The van der Waals surface area contributed by atoms with Gasteiger partial charge in [-0.1, -0.05) is 31.3 Å². The van der Waals surface area contributed by atoms with E-state index in [2.05, 4.69) is 18.2 Å². The van der Waals surface area contributed by atoms with Crippen LogP contribution in [0.4, 0.5) is 4.39 Å². The van der Waals surface area contributed by atoms with Crippen molar-refractivity contribution >= 4 is 37.5 Å². The molecule has 0 amide bonds. The zero-order valence-electron chi connectivity index (χ0n) is 15.5. The molecule has 0 bridgehead atoms. The highest BCUT2D eigenvalue weighted by Crippen LogP contribution is 2.24. The van der Waals surface area contributed by atoms with Crippen LogP contribution < -0.4 is 4.80 Å². The molecule has 0 aliphatic carbocycles. The molecule has 148 valence electrons. The van der Waals surface area contributed by atoms with Crippen LogP contribution in [0.1, 0.15) is 25.3 Å². The fraction of sp³-hybridized carbons (Fsp3) is 0.263. The Morgan fingerprint density at radius 1 is 1.21 bits per heavy atom. The van der Waals surface area contributed by atoms with E-state index >= 15 is 0 Å². The van der Waals surface area contributed by atoms with Gasteiger partial charge in [0.25, 0.3) is 10.0 Å². The smallest absolute Gasteiger partial charge is 0.325 e. The Bertz CT molecular complexity index is 1190. The molecule has 0 unspecified atom stereocenters. The van der Waals surface area contributed by atoms with Crippen molar-refractivity contribution in [3.05, 3.63) is 58.6 Å². The van der Waals surface area contributed by atoms with E-state index in [4.69, 9.17) is 4.74 Å². The summed E-state index contributed by atoms with van der Waals surface area (Å²) in [5.74, 6) is -0.764. The van der Waals surface area contributed by atoms with Gasteiger partial charge in [0.15, 0.2) is 0 Å². The Balaban J connectivity index is 2.22. The SMILES string of the molecule is COC(=O)Cn1/c(=N/S(=O)(=O)c2ccc(F)cc2)sc2cc(C(C)C)ccc21. The second kappa shape index (κ2) is 7.84. The van der Waals surface area contributed by atoms with Crippen LogP contribution in [0.2, 0.25) is 0 Å². The molecule has 9 heteroatoms. The van der Waals surface area contributed by atoms with E-state index in [1.807, 2.05) is 18.2 Å². The maximum absolute atomic E-state index is 13.1. The van der Waals surface area contributed by atoms with Gasteiger partial charge in [-0.3, -0.25) is 4.79 Å². The monoisotopic (exact) mass is 422 g/mol. The van der Waals surface area contributed by atoms with E-state index in [1.54, 1.807) is 0 Å². The number of esters is 1. The second-order valence-electron chi connectivity index (χ2n) is 6.45. The third-order valence-corrected chi connectivity index (χ3v) is 6.64. The number of carbonyl (C=O) groups excluding carboxylic acids is 1. The molecule has 28 heavy (non-hydrogen) atoms. The van der Waals surface area contributed by atoms with E-state index in [-0.39, 0.29) is 16.2 Å². The lowest BCUT2D eigenvalue weighted by Crippen LogP contribution is -2.22. The molecular formula is C19H19FN2O4S2. The van der Waals surface area contributed by atoms with Crippen molar-refractivity contribution in [3.63, 3.8) is 0 Å². The Labute approximate surface area is 166 Å². The number of benzene rings is 2. The standard InChI is InChI=1S/C19H19FN2O4S2/c1-12(2)13-4-9-16-17(10-13)27-19(22(16)11-18(23)26-3)21-28(24,25)15-7-5-14(20)6-8-15/h4-10,12H,11H2,1-3H3/b21-19-. The van der Waals surface area contributed by atoms with Crippen LogP contribution in [0.5, 0.6) is 0 Å². The third kappa shape index (κ3) is 4.15. The van der Waals surface area contributed by atoms with Crippen LogP contribution >= 0.6 is 11.3 Å². The molecule has 0 atom stereocenters. The van der Waals surface area contributed by atoms with E-state index in [0.717, 1.165) is 34.5 Å². The summed E-state index contributed by atoms with van der Waals surface area (Å²) >= 11 is 1.17. The molecule has 0 spiro atoms. The predicted octanol–water partition coefficient (Wildman–Crippen LogP) is 3.43. The average molecular weight is 423 g/mol. The van der Waals surface area contributed by atoms with Gasteiger partial charge in [-0.05, 0) is 47.9 Å². The number of rotatable bonds is 5. The third-order valence-electron chi connectivity index (χ3n) is 4.20. The van der Waals surface area contributed by atoms with Crippen molar-refractivity contribution in [3.8, 4) is 0 Å². The van der Waals surface area contributed by atoms with Gasteiger partial charge in [-0.25, -0.2) is 4.39 Å². The Hall–Kier alpha value is -2.52. The van der Waals surface area contributed by atoms with Crippen molar-refractivity contribution in [1.29, 1.82) is 0 Å². The quantitative estimate of drug-likeness (QED) is 0.590. The molecule has 0 aliphatic rings. The molecule has 2 aromatic carbocycles. The number of hydrogen-bond acceptors (Lipinski definition) is 5. The van der Waals surface area contributed by atoms with Crippen LogP contribution in [0, 0.1) is 5.82 Å². The van der Waals surface area contributed by atoms with Crippen LogP contribution in [-0.2, 0) is 26.1 Å². The summed E-state index contributed by atoms with van der Waals surface area (Å²) in [6.07, 6.45) is 0. The molecule has 3 rings (SSSR count). The molecule has 0 saturated heterocycles. The number of sulfonamides is 1. The Morgan fingerprint density at radius 2 is 1.89 bits per heavy atom. The summed E-state index contributed by atoms with van der Waals surface area (Å²) in [5, 5.41) is 0. The highest BCUT2D eigenvalue weighted by molar-refractivity contribution is 7.90. The second-order valence-corrected chi connectivity index (χ2v) is 9.06. The number of methoxy groups -OCH3 is 1. The molecule has 3 aromatic rings. The van der Waals surface area contributed by atoms with Gasteiger partial charge in [0, 0.05) is 0 Å². The van der Waals surface area contributed by atoms with Crippen molar-refractivity contribution < 1.29 is 22.3 Å². The molecule has 0 radical (unpaired) electrons. The van der Waals surface area contributed by atoms with Crippen molar-refractivity contribution in [2.24, 2.45) is 4.40 Å². The molecular weight excluding hydrogens is 403 g/mol. The lowest BCUT2D eigenvalue weighted by molar-refractivity contribution is -0.141. The summed E-state index contributed by atoms with van der Waals surface area (Å²) in [5.41, 5.74) is 1.78. The van der Waals surface area contributed by atoms with Gasteiger partial charge in [0.2, 0.25) is 4.80 Å². The van der Waals surface area contributed by atoms with E-state index < -0.39 is 21.8 Å². The van der Waals surface area contributed by atoms with E-state index in [9.17, 15) is 17.6 Å². The number of hydrogen-bond donors (Lipinski definition) is 0. The molecule has 0 N–H and O–H groups in total. The lowest BCUT2D eigenvalue weighted by Gasteiger charge is -2.06. The number of fused-ring (bicyclic) bond motifs is 1. The minimum Gasteiger partial charge on any atom is -0.468 e. The zero-order valence-corrected chi connectivity index (χ0v) is 17.2. The summed E-state index contributed by atoms with van der Waals surface area (Å²) in [4.78, 5) is 11.9. The van der Waals surface area contributed by atoms with Gasteiger partial charge < -0.3 is 9.30 Å². The summed E-state index contributed by atoms with van der Waals surface area (Å²) < 4.78 is 49.4. The fourth-order valence-electron chi connectivity index (χ4n) is 2.63. The molecule has 0 aliphatic heterocycles. The van der Waals surface area contributed by atoms with Crippen LogP contribution in [-0.4, -0.2) is 26.1 Å². The summed E-state index contributed by atoms with van der Waals surface area (Å²) in [6.45, 7) is 3.94. The van der Waals surface area contributed by atoms with Gasteiger partial charge in [0.1, 0.15) is 12.4 Å². The topological polar surface area (TPSA) is 77.7 Å². The first-order valence-electron chi connectivity index (χ1n) is 8.48. The van der Waals surface area contributed by atoms with Crippen molar-refractivity contribution in [1.82, 2.24) is 4.57 Å². The highest BCUT2D eigenvalue weighted by atomic mass is 32.2.